The highest BCUT2D eigenvalue weighted by molar-refractivity contribution is 5.91. The molecule has 0 radical (unpaired) electrons. The van der Waals surface area contributed by atoms with Gasteiger partial charge in [-0.2, -0.15) is 0 Å². The lowest BCUT2D eigenvalue weighted by atomic mass is 9.82. The maximum atomic E-state index is 13.5. The highest BCUT2D eigenvalue weighted by Crippen LogP contribution is 2.37. The normalized spacial score (nSPS) is 23.9. The molecule has 7 rings (SSSR count). The number of hydrogen-bond acceptors (Lipinski definition) is 7. The van der Waals surface area contributed by atoms with Crippen molar-refractivity contribution in [2.45, 2.75) is 25.7 Å². The number of carboxylic acid groups (broad SMARTS) is 1. The van der Waals surface area contributed by atoms with Crippen molar-refractivity contribution in [3.05, 3.63) is 83.4 Å². The van der Waals surface area contributed by atoms with E-state index in [0.29, 0.717) is 36.4 Å². The summed E-state index contributed by atoms with van der Waals surface area (Å²) in [5.41, 5.74) is 4.28. The van der Waals surface area contributed by atoms with Gasteiger partial charge in [0.1, 0.15) is 5.82 Å². The first-order valence-corrected chi connectivity index (χ1v) is 14.2. The Kier molecular flexibility index (Phi) is 5.95. The number of rotatable bonds is 5. The van der Waals surface area contributed by atoms with E-state index in [1.54, 1.807) is 10.6 Å². The van der Waals surface area contributed by atoms with Gasteiger partial charge in [0.05, 0.1) is 11.9 Å². The third-order valence-corrected chi connectivity index (χ3v) is 9.15. The minimum Gasteiger partial charge on any atom is -0.477 e. The van der Waals surface area contributed by atoms with Crippen molar-refractivity contribution in [1.82, 2.24) is 24.5 Å². The van der Waals surface area contributed by atoms with Gasteiger partial charge in [-0.1, -0.05) is 43.3 Å². The summed E-state index contributed by atoms with van der Waals surface area (Å²) in [6.45, 7) is 8.97. The molecule has 3 fully saturated rings. The minimum atomic E-state index is -1.03. The number of likely N-dealkylation sites (tertiary alicyclic amines) is 1. The molecule has 1 N–H and O–H groups in total. The van der Waals surface area contributed by atoms with Crippen molar-refractivity contribution in [2.24, 2.45) is 11.8 Å². The zero-order chi connectivity index (χ0) is 28.3. The number of carbonyl (C=O) groups is 2. The number of pyridine rings is 2. The van der Waals surface area contributed by atoms with Gasteiger partial charge in [0, 0.05) is 56.5 Å². The monoisotopic (exact) mass is 551 g/mol. The van der Waals surface area contributed by atoms with Crippen LogP contribution < -0.4 is 9.80 Å². The largest absolute Gasteiger partial charge is 0.477 e. The highest BCUT2D eigenvalue weighted by atomic mass is 16.4. The molecule has 0 unspecified atom stereocenters. The second kappa shape index (κ2) is 9.57. The van der Waals surface area contributed by atoms with E-state index in [4.69, 9.17) is 0 Å². The SMILES string of the molecule is Cc1cc(N2CC[C@](C)(c3ccccc3)C2)cn2nc(C(=O)N3C[C@H]4CN(c5cccc(C(=O)O)n5)C[C@@H]4C3)nc12. The fourth-order valence-electron chi connectivity index (χ4n) is 6.86. The number of aromatic carboxylic acids is 1. The number of aromatic nitrogens is 4. The average Bonchev–Trinajstić information content (AvgIpc) is 3.76. The zero-order valence-corrected chi connectivity index (χ0v) is 23.3. The fourth-order valence-corrected chi connectivity index (χ4v) is 6.86. The molecule has 3 aliphatic heterocycles. The van der Waals surface area contributed by atoms with E-state index in [2.05, 4.69) is 68.2 Å². The van der Waals surface area contributed by atoms with Gasteiger partial charge in [0.15, 0.2) is 11.3 Å². The van der Waals surface area contributed by atoms with E-state index in [9.17, 15) is 14.7 Å². The number of fused-ring (bicyclic) bond motifs is 2. The second-order valence-corrected chi connectivity index (χ2v) is 12.0. The van der Waals surface area contributed by atoms with Gasteiger partial charge in [-0.15, -0.1) is 5.10 Å². The summed E-state index contributed by atoms with van der Waals surface area (Å²) in [5, 5.41) is 13.9. The summed E-state index contributed by atoms with van der Waals surface area (Å²) < 4.78 is 1.76. The van der Waals surface area contributed by atoms with Crippen LogP contribution in [0.5, 0.6) is 0 Å². The van der Waals surface area contributed by atoms with Gasteiger partial charge in [-0.05, 0) is 42.7 Å². The lowest BCUT2D eigenvalue weighted by Crippen LogP contribution is -2.34. The molecule has 3 aliphatic rings. The van der Waals surface area contributed by atoms with Gasteiger partial charge >= 0.3 is 5.97 Å². The number of nitrogens with zero attached hydrogens (tertiary/aromatic N) is 7. The molecule has 0 aliphatic carbocycles. The van der Waals surface area contributed by atoms with E-state index in [1.807, 2.05) is 24.1 Å². The van der Waals surface area contributed by atoms with Crippen LogP contribution in [0.1, 0.15) is 45.6 Å². The van der Waals surface area contributed by atoms with Crippen molar-refractivity contribution in [3.63, 3.8) is 0 Å². The van der Waals surface area contributed by atoms with Gasteiger partial charge in [-0.25, -0.2) is 19.3 Å². The first-order chi connectivity index (χ1) is 19.8. The van der Waals surface area contributed by atoms with Crippen LogP contribution in [0, 0.1) is 18.8 Å². The van der Waals surface area contributed by atoms with Crippen molar-refractivity contribution in [3.8, 4) is 0 Å². The summed E-state index contributed by atoms with van der Waals surface area (Å²) >= 11 is 0. The molecule has 0 bridgehead atoms. The molecule has 6 heterocycles. The molecular weight excluding hydrogens is 518 g/mol. The molecule has 1 amide bonds. The van der Waals surface area contributed by atoms with Crippen LogP contribution in [-0.4, -0.2) is 80.7 Å². The van der Waals surface area contributed by atoms with Crippen molar-refractivity contribution < 1.29 is 14.7 Å². The number of aryl methyl sites for hydroxylation is 1. The molecule has 0 saturated carbocycles. The lowest BCUT2D eigenvalue weighted by Gasteiger charge is -2.26. The summed E-state index contributed by atoms with van der Waals surface area (Å²) in [7, 11) is 0. The minimum absolute atomic E-state index is 0.0441. The molecule has 41 heavy (non-hydrogen) atoms. The molecular formula is C31H33N7O3. The first-order valence-electron chi connectivity index (χ1n) is 14.2. The smallest absolute Gasteiger partial charge is 0.354 e. The zero-order valence-electron chi connectivity index (χ0n) is 23.3. The van der Waals surface area contributed by atoms with Crippen LogP contribution in [0.15, 0.2) is 60.8 Å². The van der Waals surface area contributed by atoms with Crippen molar-refractivity contribution in [2.75, 3.05) is 49.1 Å². The number of carbonyl (C=O) groups excluding carboxylic acids is 1. The van der Waals surface area contributed by atoms with Crippen LogP contribution in [-0.2, 0) is 5.41 Å². The number of hydrogen-bond donors (Lipinski definition) is 1. The standard InChI is InChI=1S/C31H33N7O3/c1-20-13-24(35-12-11-31(2,19-35)23-7-4-3-5-8-23)18-38-28(20)33-27(34-38)29(39)37-16-21-14-36(15-22(21)17-37)26-10-6-9-25(32-26)30(40)41/h3-10,13,18,21-22H,11-12,14-17,19H2,1-2H3,(H,40,41)/t21-,22-,31+/m1/s1. The Morgan fingerprint density at radius 3 is 2.44 bits per heavy atom. The Labute approximate surface area is 238 Å². The van der Waals surface area contributed by atoms with Crippen LogP contribution in [0.25, 0.3) is 5.65 Å². The Bertz CT molecular complexity index is 1640. The topological polar surface area (TPSA) is 107 Å². The van der Waals surface area contributed by atoms with Gasteiger partial charge in [0.2, 0.25) is 5.82 Å². The van der Waals surface area contributed by atoms with Crippen molar-refractivity contribution in [1.29, 1.82) is 0 Å². The molecule has 4 aromatic rings. The highest BCUT2D eigenvalue weighted by Gasteiger charge is 2.43. The summed E-state index contributed by atoms with van der Waals surface area (Å²) in [6, 6.07) is 17.9. The van der Waals surface area contributed by atoms with E-state index < -0.39 is 5.97 Å². The van der Waals surface area contributed by atoms with Crippen LogP contribution in [0.3, 0.4) is 0 Å². The fraction of sp³-hybridized carbons (Fsp3) is 0.387. The molecule has 3 aromatic heterocycles. The Hall–Kier alpha value is -4.47. The number of amides is 1. The maximum Gasteiger partial charge on any atom is 0.354 e. The molecule has 210 valence electrons. The van der Waals surface area contributed by atoms with Crippen LogP contribution >= 0.6 is 0 Å². The average molecular weight is 552 g/mol. The summed E-state index contributed by atoms with van der Waals surface area (Å²) in [5.74, 6) is 0.333. The maximum absolute atomic E-state index is 13.5. The number of benzene rings is 1. The third-order valence-electron chi connectivity index (χ3n) is 9.15. The van der Waals surface area contributed by atoms with Crippen molar-refractivity contribution >= 4 is 29.0 Å². The first kappa shape index (κ1) is 25.5. The number of carboxylic acids is 1. The predicted molar refractivity (Wildman–Crippen MR) is 155 cm³/mol. The quantitative estimate of drug-likeness (QED) is 0.402. The van der Waals surface area contributed by atoms with E-state index >= 15 is 0 Å². The predicted octanol–water partition coefficient (Wildman–Crippen LogP) is 3.51. The second-order valence-electron chi connectivity index (χ2n) is 12.0. The Morgan fingerprint density at radius 1 is 0.951 bits per heavy atom. The number of anilines is 2. The van der Waals surface area contributed by atoms with E-state index in [1.165, 1.54) is 11.6 Å². The lowest BCUT2D eigenvalue weighted by molar-refractivity contribution is 0.0689. The molecule has 1 aromatic carbocycles. The molecule has 10 heteroatoms. The molecule has 10 nitrogen and oxygen atoms in total. The molecule has 3 atom stereocenters. The molecule has 3 saturated heterocycles. The Morgan fingerprint density at radius 2 is 1.71 bits per heavy atom. The van der Waals surface area contributed by atoms with Gasteiger partial charge < -0.3 is 19.8 Å². The van der Waals surface area contributed by atoms with Gasteiger partial charge in [-0.3, -0.25) is 4.79 Å². The Balaban J connectivity index is 1.05. The summed E-state index contributed by atoms with van der Waals surface area (Å²) in [6.07, 6.45) is 3.07. The summed E-state index contributed by atoms with van der Waals surface area (Å²) in [4.78, 5) is 40.2. The van der Waals surface area contributed by atoms with Gasteiger partial charge in [0.25, 0.3) is 5.91 Å². The van der Waals surface area contributed by atoms with Crippen LogP contribution in [0.4, 0.5) is 11.5 Å². The van der Waals surface area contributed by atoms with Crippen LogP contribution in [0.2, 0.25) is 0 Å². The van der Waals surface area contributed by atoms with E-state index in [0.717, 1.165) is 43.9 Å². The third kappa shape index (κ3) is 4.47. The van der Waals surface area contributed by atoms with E-state index in [-0.39, 0.29) is 22.8 Å². The molecule has 0 spiro atoms.